The summed E-state index contributed by atoms with van der Waals surface area (Å²) >= 11 is 0. The molecule has 2 saturated heterocycles. The summed E-state index contributed by atoms with van der Waals surface area (Å²) in [5.74, 6) is -6.04. The number of alkyl halides is 2. The SMILES string of the molecule is COC(=O)C1CC2NC1C1(CC1(F)F)N(C(C)=O)C2=O.Cl. The van der Waals surface area contributed by atoms with E-state index in [1.807, 2.05) is 0 Å². The first-order chi connectivity index (χ1) is 9.26. The van der Waals surface area contributed by atoms with Crippen LogP contribution in [0.5, 0.6) is 0 Å². The van der Waals surface area contributed by atoms with Gasteiger partial charge in [0.05, 0.1) is 25.1 Å². The minimum Gasteiger partial charge on any atom is -0.469 e. The van der Waals surface area contributed by atoms with Crippen LogP contribution < -0.4 is 5.32 Å². The Kier molecular flexibility index (Phi) is 3.53. The molecule has 1 spiro atoms. The summed E-state index contributed by atoms with van der Waals surface area (Å²) < 4.78 is 32.5. The number of hydrogen-bond donors (Lipinski definition) is 1. The van der Waals surface area contributed by atoms with Crippen molar-refractivity contribution >= 4 is 30.2 Å². The monoisotopic (exact) mass is 324 g/mol. The van der Waals surface area contributed by atoms with Crippen molar-refractivity contribution in [3.05, 3.63) is 0 Å². The van der Waals surface area contributed by atoms with Gasteiger partial charge in [-0.2, -0.15) is 0 Å². The van der Waals surface area contributed by atoms with Crippen LogP contribution in [0, 0.1) is 5.92 Å². The second kappa shape index (κ2) is 4.61. The van der Waals surface area contributed by atoms with Gasteiger partial charge in [-0.1, -0.05) is 0 Å². The number of carbonyl (C=O) groups excluding carboxylic acids is 3. The first kappa shape index (κ1) is 16.1. The van der Waals surface area contributed by atoms with Crippen molar-refractivity contribution in [3.8, 4) is 0 Å². The molecule has 2 heterocycles. The molecule has 1 aliphatic carbocycles. The lowest BCUT2D eigenvalue weighted by atomic mass is 9.91. The minimum absolute atomic E-state index is 0. The Balaban J connectivity index is 0.00000161. The smallest absolute Gasteiger partial charge is 0.310 e. The number of imide groups is 1. The fourth-order valence-electron chi connectivity index (χ4n) is 3.62. The number of carbonyl (C=O) groups is 3. The Morgan fingerprint density at radius 3 is 2.43 bits per heavy atom. The average molecular weight is 325 g/mol. The van der Waals surface area contributed by atoms with Gasteiger partial charge < -0.3 is 4.74 Å². The molecule has 3 rings (SSSR count). The Morgan fingerprint density at radius 1 is 1.43 bits per heavy atom. The number of nitrogens with one attached hydrogen (secondary N) is 1. The van der Waals surface area contributed by atoms with Crippen LogP contribution in [0.4, 0.5) is 8.78 Å². The van der Waals surface area contributed by atoms with E-state index in [0.29, 0.717) is 4.90 Å². The summed E-state index contributed by atoms with van der Waals surface area (Å²) in [6, 6.07) is -1.73. The number of likely N-dealkylation sites (tertiary alicyclic amines) is 1. The van der Waals surface area contributed by atoms with Crippen LogP contribution >= 0.6 is 12.4 Å². The summed E-state index contributed by atoms with van der Waals surface area (Å²) in [7, 11) is 1.17. The zero-order chi connectivity index (χ0) is 14.9. The Hall–Kier alpha value is -1.28. The molecule has 4 unspecified atom stereocenters. The van der Waals surface area contributed by atoms with E-state index in [9.17, 15) is 23.2 Å². The Morgan fingerprint density at radius 2 is 2.00 bits per heavy atom. The number of methoxy groups -OCH3 is 1. The number of rotatable bonds is 1. The van der Waals surface area contributed by atoms with E-state index in [4.69, 9.17) is 0 Å². The van der Waals surface area contributed by atoms with Gasteiger partial charge in [-0.05, 0) is 6.42 Å². The molecule has 2 amide bonds. The number of esters is 1. The number of nitrogens with zero attached hydrogens (tertiary/aromatic N) is 1. The van der Waals surface area contributed by atoms with Crippen LogP contribution in [0.3, 0.4) is 0 Å². The summed E-state index contributed by atoms with van der Waals surface area (Å²) in [4.78, 5) is 36.2. The van der Waals surface area contributed by atoms with E-state index in [-0.39, 0.29) is 18.8 Å². The first-order valence-corrected chi connectivity index (χ1v) is 6.32. The fraction of sp³-hybridized carbons (Fsp3) is 0.750. The van der Waals surface area contributed by atoms with Gasteiger partial charge in [-0.3, -0.25) is 24.6 Å². The molecule has 4 atom stereocenters. The quantitative estimate of drug-likeness (QED) is 0.692. The number of fused-ring (bicyclic) bond motifs is 3. The van der Waals surface area contributed by atoms with Crippen LogP contribution in [0.25, 0.3) is 0 Å². The molecule has 1 saturated carbocycles. The van der Waals surface area contributed by atoms with Gasteiger partial charge in [0.2, 0.25) is 11.8 Å². The van der Waals surface area contributed by atoms with Crippen molar-refractivity contribution in [2.75, 3.05) is 7.11 Å². The highest BCUT2D eigenvalue weighted by atomic mass is 35.5. The van der Waals surface area contributed by atoms with Gasteiger partial charge in [-0.25, -0.2) is 8.78 Å². The van der Waals surface area contributed by atoms with Crippen molar-refractivity contribution in [1.82, 2.24) is 10.2 Å². The lowest BCUT2D eigenvalue weighted by Gasteiger charge is -2.40. The molecule has 118 valence electrons. The van der Waals surface area contributed by atoms with Crippen molar-refractivity contribution in [1.29, 1.82) is 0 Å². The molecule has 3 aliphatic rings. The third-order valence-corrected chi connectivity index (χ3v) is 4.52. The second-order valence-corrected chi connectivity index (χ2v) is 5.56. The Labute approximate surface area is 125 Å². The number of ether oxygens (including phenoxy) is 1. The molecule has 6 nitrogen and oxygen atoms in total. The largest absolute Gasteiger partial charge is 0.469 e. The van der Waals surface area contributed by atoms with Crippen LogP contribution in [-0.2, 0) is 19.1 Å². The van der Waals surface area contributed by atoms with Crippen LogP contribution in [-0.4, -0.2) is 53.3 Å². The topological polar surface area (TPSA) is 75.7 Å². The second-order valence-electron chi connectivity index (χ2n) is 5.56. The zero-order valence-electron chi connectivity index (χ0n) is 11.4. The van der Waals surface area contributed by atoms with Gasteiger partial charge in [0.25, 0.3) is 5.92 Å². The van der Waals surface area contributed by atoms with Gasteiger partial charge in [-0.15, -0.1) is 12.4 Å². The number of amides is 2. The van der Waals surface area contributed by atoms with Crippen molar-refractivity contribution in [3.63, 3.8) is 0 Å². The van der Waals surface area contributed by atoms with Gasteiger partial charge in [0.15, 0.2) is 0 Å². The molecular weight excluding hydrogens is 310 g/mol. The van der Waals surface area contributed by atoms with Crippen molar-refractivity contribution in [2.45, 2.75) is 43.3 Å². The van der Waals surface area contributed by atoms with E-state index in [2.05, 4.69) is 10.1 Å². The maximum atomic E-state index is 13.9. The summed E-state index contributed by atoms with van der Waals surface area (Å²) in [6.45, 7) is 1.09. The maximum absolute atomic E-state index is 13.9. The van der Waals surface area contributed by atoms with Gasteiger partial charge in [0, 0.05) is 13.3 Å². The highest BCUT2D eigenvalue weighted by molar-refractivity contribution is 6.01. The predicted octanol–water partition coefficient (Wildman–Crippen LogP) is 0.0944. The molecule has 2 bridgehead atoms. The Bertz CT molecular complexity index is 529. The highest BCUT2D eigenvalue weighted by Gasteiger charge is 2.83. The standard InChI is InChI=1S/C12H14F2N2O4.ClH/c1-5(17)16-9(18)7-3-6(10(19)20-2)8(15-7)11(16)4-12(11,13)14;/h6-8,15H,3-4H2,1-2H3;1H. The number of hydrogen-bond acceptors (Lipinski definition) is 5. The minimum atomic E-state index is -3.17. The van der Waals surface area contributed by atoms with E-state index in [1.165, 1.54) is 7.11 Å². The van der Waals surface area contributed by atoms with E-state index < -0.39 is 53.7 Å². The molecule has 9 heteroatoms. The normalized spacial score (nSPS) is 39.0. The van der Waals surface area contributed by atoms with Gasteiger partial charge >= 0.3 is 5.97 Å². The molecule has 1 N–H and O–H groups in total. The molecule has 21 heavy (non-hydrogen) atoms. The van der Waals surface area contributed by atoms with Crippen LogP contribution in [0.1, 0.15) is 19.8 Å². The van der Waals surface area contributed by atoms with E-state index in [1.54, 1.807) is 0 Å². The molecule has 3 fully saturated rings. The van der Waals surface area contributed by atoms with Crippen LogP contribution in [0.15, 0.2) is 0 Å². The third kappa shape index (κ3) is 1.81. The summed E-state index contributed by atoms with van der Waals surface area (Å²) in [6.07, 6.45) is -0.527. The summed E-state index contributed by atoms with van der Waals surface area (Å²) in [5, 5.41) is 2.77. The number of halogens is 3. The van der Waals surface area contributed by atoms with Crippen molar-refractivity contribution in [2.24, 2.45) is 5.92 Å². The summed E-state index contributed by atoms with van der Waals surface area (Å²) in [5.41, 5.74) is -1.91. The molecule has 0 aromatic carbocycles. The van der Waals surface area contributed by atoms with Gasteiger partial charge in [0.1, 0.15) is 5.54 Å². The molecular formula is C12H15ClF2N2O4. The van der Waals surface area contributed by atoms with E-state index >= 15 is 0 Å². The average Bonchev–Trinajstić information content (AvgIpc) is 2.75. The predicted molar refractivity (Wildman–Crippen MR) is 67.9 cm³/mol. The molecule has 0 aromatic heterocycles. The number of piperazine rings is 1. The zero-order valence-corrected chi connectivity index (χ0v) is 12.2. The molecule has 2 aliphatic heterocycles. The van der Waals surface area contributed by atoms with E-state index in [0.717, 1.165) is 6.92 Å². The van der Waals surface area contributed by atoms with Crippen molar-refractivity contribution < 1.29 is 27.9 Å². The molecule has 0 aromatic rings. The maximum Gasteiger partial charge on any atom is 0.310 e. The fourth-order valence-corrected chi connectivity index (χ4v) is 3.62. The third-order valence-electron chi connectivity index (χ3n) is 4.52. The van der Waals surface area contributed by atoms with Crippen LogP contribution in [0.2, 0.25) is 0 Å². The lowest BCUT2D eigenvalue weighted by molar-refractivity contribution is -0.158. The molecule has 0 radical (unpaired) electrons. The lowest BCUT2D eigenvalue weighted by Crippen LogP contribution is -2.67. The highest BCUT2D eigenvalue weighted by Crippen LogP contribution is 2.63. The first-order valence-electron chi connectivity index (χ1n) is 6.32.